The lowest BCUT2D eigenvalue weighted by Gasteiger charge is -2.35. The highest BCUT2D eigenvalue weighted by molar-refractivity contribution is 7.99. The highest BCUT2D eigenvalue weighted by atomic mass is 35.5. The Labute approximate surface area is 152 Å². The zero-order valence-electron chi connectivity index (χ0n) is 12.7. The van der Waals surface area contributed by atoms with Gasteiger partial charge in [-0.15, -0.1) is 36.6 Å². The topological polar surface area (TPSA) is 44.4 Å². The molecule has 2 unspecified atom stereocenters. The average Bonchev–Trinajstić information content (AvgIpc) is 3.02. The number of carbonyl (C=O) groups is 1. The van der Waals surface area contributed by atoms with Gasteiger partial charge in [-0.05, 0) is 31.0 Å². The summed E-state index contributed by atoms with van der Waals surface area (Å²) in [5.74, 6) is 1.56. The van der Waals surface area contributed by atoms with Crippen LogP contribution in [0.4, 0.5) is 10.1 Å². The zero-order valence-corrected chi connectivity index (χ0v) is 15.1. The summed E-state index contributed by atoms with van der Waals surface area (Å²) in [5, 5.41) is 6.31. The number of amides is 1. The summed E-state index contributed by atoms with van der Waals surface area (Å²) in [6.45, 7) is 1.66. The van der Waals surface area contributed by atoms with Crippen LogP contribution in [0.25, 0.3) is 0 Å². The van der Waals surface area contributed by atoms with Crippen molar-refractivity contribution in [3.8, 4) is 0 Å². The van der Waals surface area contributed by atoms with Gasteiger partial charge in [-0.2, -0.15) is 0 Å². The molecule has 2 aliphatic heterocycles. The minimum atomic E-state index is -0.217. The van der Waals surface area contributed by atoms with Crippen molar-refractivity contribution >= 4 is 48.2 Å². The average molecular weight is 382 g/mol. The summed E-state index contributed by atoms with van der Waals surface area (Å²) < 4.78 is 13.3. The Morgan fingerprint density at radius 1 is 1.39 bits per heavy atom. The molecule has 1 amide bonds. The first kappa shape index (κ1) is 20.4. The van der Waals surface area contributed by atoms with Crippen molar-refractivity contribution in [1.82, 2.24) is 10.6 Å². The summed E-state index contributed by atoms with van der Waals surface area (Å²) in [4.78, 5) is 14.3. The third-order valence-corrected chi connectivity index (χ3v) is 4.91. The van der Waals surface area contributed by atoms with Crippen molar-refractivity contribution in [3.63, 3.8) is 0 Å². The number of nitrogens with zero attached hydrogens (tertiary/aromatic N) is 1. The summed E-state index contributed by atoms with van der Waals surface area (Å²) in [7, 11) is 0. The van der Waals surface area contributed by atoms with Crippen molar-refractivity contribution in [2.24, 2.45) is 0 Å². The van der Waals surface area contributed by atoms with E-state index in [1.54, 1.807) is 23.9 Å². The van der Waals surface area contributed by atoms with Crippen molar-refractivity contribution in [2.45, 2.75) is 24.9 Å². The number of rotatable bonds is 3. The third kappa shape index (κ3) is 5.41. The zero-order chi connectivity index (χ0) is 14.7. The van der Waals surface area contributed by atoms with Crippen LogP contribution in [0.2, 0.25) is 0 Å². The van der Waals surface area contributed by atoms with Gasteiger partial charge in [0, 0.05) is 36.4 Å². The van der Waals surface area contributed by atoms with Crippen LogP contribution in [-0.2, 0) is 4.79 Å². The molecule has 130 valence electrons. The number of anilines is 1. The van der Waals surface area contributed by atoms with E-state index in [0.717, 1.165) is 43.2 Å². The molecule has 0 aromatic heterocycles. The van der Waals surface area contributed by atoms with Crippen molar-refractivity contribution in [3.05, 3.63) is 30.1 Å². The number of thioether (sulfide) groups is 1. The number of benzene rings is 1. The quantitative estimate of drug-likeness (QED) is 0.843. The van der Waals surface area contributed by atoms with E-state index in [9.17, 15) is 9.18 Å². The highest BCUT2D eigenvalue weighted by Gasteiger charge is 2.27. The minimum Gasteiger partial charge on any atom is -0.369 e. The van der Waals surface area contributed by atoms with E-state index in [-0.39, 0.29) is 48.6 Å². The maximum Gasteiger partial charge on any atom is 0.238 e. The van der Waals surface area contributed by atoms with E-state index in [2.05, 4.69) is 15.5 Å². The second-order valence-electron chi connectivity index (χ2n) is 5.55. The Morgan fingerprint density at radius 3 is 2.91 bits per heavy atom. The maximum absolute atomic E-state index is 13.3. The molecule has 2 fully saturated rings. The van der Waals surface area contributed by atoms with Crippen molar-refractivity contribution in [1.29, 1.82) is 0 Å². The van der Waals surface area contributed by atoms with E-state index < -0.39 is 0 Å². The normalized spacial score (nSPS) is 23.6. The molecule has 4 nitrogen and oxygen atoms in total. The SMILES string of the molecule is Cl.Cl.O=C(NC1CCCN(c2cccc(F)c2)C1)C1CSCN1. The van der Waals surface area contributed by atoms with Crippen LogP contribution in [0.3, 0.4) is 0 Å². The van der Waals surface area contributed by atoms with Gasteiger partial charge < -0.3 is 10.2 Å². The van der Waals surface area contributed by atoms with Gasteiger partial charge in [-0.3, -0.25) is 10.1 Å². The first-order valence-electron chi connectivity index (χ1n) is 7.34. The summed E-state index contributed by atoms with van der Waals surface area (Å²) in [6.07, 6.45) is 1.99. The van der Waals surface area contributed by atoms with Crippen LogP contribution in [0, 0.1) is 5.82 Å². The van der Waals surface area contributed by atoms with E-state index in [1.165, 1.54) is 6.07 Å². The molecule has 0 spiro atoms. The predicted octanol–water partition coefficient (Wildman–Crippen LogP) is 2.42. The molecule has 0 bridgehead atoms. The molecule has 1 aromatic rings. The van der Waals surface area contributed by atoms with Gasteiger partial charge >= 0.3 is 0 Å². The van der Waals surface area contributed by atoms with E-state index >= 15 is 0 Å². The molecule has 2 aliphatic rings. The second-order valence-corrected chi connectivity index (χ2v) is 6.58. The smallest absolute Gasteiger partial charge is 0.238 e. The third-order valence-electron chi connectivity index (χ3n) is 3.97. The summed E-state index contributed by atoms with van der Waals surface area (Å²) >= 11 is 1.75. The summed E-state index contributed by atoms with van der Waals surface area (Å²) in [5.41, 5.74) is 0.892. The number of nitrogens with one attached hydrogen (secondary N) is 2. The van der Waals surface area contributed by atoms with E-state index in [4.69, 9.17) is 0 Å². The van der Waals surface area contributed by atoms with Crippen LogP contribution in [-0.4, -0.2) is 42.7 Å². The van der Waals surface area contributed by atoms with Gasteiger partial charge in [0.15, 0.2) is 0 Å². The molecule has 0 radical (unpaired) electrons. The highest BCUT2D eigenvalue weighted by Crippen LogP contribution is 2.21. The van der Waals surface area contributed by atoms with Gasteiger partial charge in [0.2, 0.25) is 5.91 Å². The maximum atomic E-state index is 13.3. The molecular formula is C15H22Cl2FN3OS. The van der Waals surface area contributed by atoms with Crippen LogP contribution >= 0.6 is 36.6 Å². The Kier molecular flexibility index (Phi) is 8.47. The summed E-state index contributed by atoms with van der Waals surface area (Å²) in [6, 6.07) is 6.73. The fraction of sp³-hybridized carbons (Fsp3) is 0.533. The number of carbonyl (C=O) groups excluding carboxylic acids is 1. The molecule has 2 atom stereocenters. The van der Waals surface area contributed by atoms with Gasteiger partial charge in [0.25, 0.3) is 0 Å². The van der Waals surface area contributed by atoms with Crippen LogP contribution in [0.15, 0.2) is 24.3 Å². The standard InChI is InChI=1S/C15H20FN3OS.2ClH/c16-11-3-1-5-13(7-11)19-6-2-4-12(8-19)18-15(20)14-9-21-10-17-14;;/h1,3,5,7,12,14,17H,2,4,6,8-10H2,(H,18,20);2*1H. The first-order chi connectivity index (χ1) is 10.2. The first-order valence-corrected chi connectivity index (χ1v) is 8.50. The van der Waals surface area contributed by atoms with Crippen LogP contribution < -0.4 is 15.5 Å². The predicted molar refractivity (Wildman–Crippen MR) is 98.5 cm³/mol. The van der Waals surface area contributed by atoms with Crippen molar-refractivity contribution in [2.75, 3.05) is 29.6 Å². The minimum absolute atomic E-state index is 0. The molecule has 2 heterocycles. The lowest BCUT2D eigenvalue weighted by Crippen LogP contribution is -2.52. The molecule has 3 rings (SSSR count). The molecule has 0 aliphatic carbocycles. The molecule has 1 aromatic carbocycles. The fourth-order valence-corrected chi connectivity index (χ4v) is 3.81. The molecule has 2 N–H and O–H groups in total. The molecular weight excluding hydrogens is 360 g/mol. The van der Waals surface area contributed by atoms with E-state index in [0.29, 0.717) is 0 Å². The van der Waals surface area contributed by atoms with Gasteiger partial charge in [0.05, 0.1) is 6.04 Å². The number of piperidine rings is 1. The number of hydrogen-bond donors (Lipinski definition) is 2. The molecule has 8 heteroatoms. The lowest BCUT2D eigenvalue weighted by atomic mass is 10.0. The van der Waals surface area contributed by atoms with Gasteiger partial charge in [0.1, 0.15) is 5.82 Å². The largest absolute Gasteiger partial charge is 0.369 e. The monoisotopic (exact) mass is 381 g/mol. The van der Waals surface area contributed by atoms with Crippen LogP contribution in [0.5, 0.6) is 0 Å². The molecule has 0 saturated carbocycles. The Morgan fingerprint density at radius 2 is 2.22 bits per heavy atom. The Hall–Kier alpha value is -0.690. The number of hydrogen-bond acceptors (Lipinski definition) is 4. The lowest BCUT2D eigenvalue weighted by molar-refractivity contribution is -0.123. The fourth-order valence-electron chi connectivity index (χ4n) is 2.87. The van der Waals surface area contributed by atoms with Crippen LogP contribution in [0.1, 0.15) is 12.8 Å². The van der Waals surface area contributed by atoms with E-state index in [1.807, 2.05) is 6.07 Å². The van der Waals surface area contributed by atoms with Gasteiger partial charge in [-0.1, -0.05) is 6.07 Å². The Balaban J connectivity index is 0.00000132. The number of halogens is 3. The second kappa shape index (κ2) is 9.57. The van der Waals surface area contributed by atoms with Crippen molar-refractivity contribution < 1.29 is 9.18 Å². The molecule has 23 heavy (non-hydrogen) atoms. The Bertz CT molecular complexity index is 517. The molecule has 2 saturated heterocycles. The van der Waals surface area contributed by atoms with Gasteiger partial charge in [-0.25, -0.2) is 4.39 Å².